The molecule has 1 saturated carbocycles. The van der Waals surface area contributed by atoms with E-state index in [2.05, 4.69) is 5.32 Å². The van der Waals surface area contributed by atoms with Gasteiger partial charge < -0.3 is 15.5 Å². The molecule has 1 aromatic carbocycles. The molecule has 0 aliphatic heterocycles. The molecule has 0 atom stereocenters. The van der Waals surface area contributed by atoms with Crippen LogP contribution in [-0.2, 0) is 6.54 Å². The van der Waals surface area contributed by atoms with Crippen LogP contribution in [0.2, 0.25) is 0 Å². The fourth-order valence-electron chi connectivity index (χ4n) is 2.14. The van der Waals surface area contributed by atoms with E-state index in [0.29, 0.717) is 12.3 Å². The third kappa shape index (κ3) is 2.06. The number of phenolic OH excluding ortho intramolecular Hbond substituents is 1. The van der Waals surface area contributed by atoms with Crippen LogP contribution in [0.3, 0.4) is 0 Å². The summed E-state index contributed by atoms with van der Waals surface area (Å²) < 4.78 is 0. The number of nitrogens with one attached hydrogen (secondary N) is 1. The number of aliphatic hydroxyl groups excluding tert-OH is 1. The van der Waals surface area contributed by atoms with Crippen LogP contribution in [0.1, 0.15) is 30.4 Å². The summed E-state index contributed by atoms with van der Waals surface area (Å²) >= 11 is 0. The number of hydrogen-bond acceptors (Lipinski definition) is 3. The second-order valence-corrected chi connectivity index (χ2v) is 4.73. The van der Waals surface area contributed by atoms with E-state index in [9.17, 15) is 10.2 Å². The molecule has 3 N–H and O–H groups in total. The standard InChI is InChI=1S/C13H19NO2/c1-10-4-2-5-11(12(10)16)8-14-13(9-15)6-3-7-13/h2,4-5,14-16H,3,6-9H2,1H3. The van der Waals surface area contributed by atoms with Gasteiger partial charge in [-0.05, 0) is 31.7 Å². The molecule has 0 amide bonds. The van der Waals surface area contributed by atoms with Gasteiger partial charge in [0.05, 0.1) is 6.61 Å². The number of benzene rings is 1. The number of hydrogen-bond donors (Lipinski definition) is 3. The maximum atomic E-state index is 9.86. The van der Waals surface area contributed by atoms with Crippen LogP contribution in [0.4, 0.5) is 0 Å². The van der Waals surface area contributed by atoms with Gasteiger partial charge in [0.15, 0.2) is 0 Å². The van der Waals surface area contributed by atoms with E-state index in [4.69, 9.17) is 0 Å². The average Bonchev–Trinajstić information content (AvgIpc) is 2.23. The molecule has 1 aromatic rings. The number of rotatable bonds is 4. The molecule has 1 aliphatic rings. The minimum absolute atomic E-state index is 0.101. The topological polar surface area (TPSA) is 52.5 Å². The van der Waals surface area contributed by atoms with Gasteiger partial charge in [-0.1, -0.05) is 18.2 Å². The Labute approximate surface area is 96.1 Å². The van der Waals surface area contributed by atoms with E-state index < -0.39 is 0 Å². The van der Waals surface area contributed by atoms with Crippen molar-refractivity contribution in [2.45, 2.75) is 38.3 Å². The highest BCUT2D eigenvalue weighted by Gasteiger charge is 2.35. The van der Waals surface area contributed by atoms with Gasteiger partial charge in [-0.3, -0.25) is 0 Å². The molecule has 2 rings (SSSR count). The molecule has 0 aromatic heterocycles. The van der Waals surface area contributed by atoms with Crippen molar-refractivity contribution >= 4 is 0 Å². The van der Waals surface area contributed by atoms with Gasteiger partial charge in [-0.2, -0.15) is 0 Å². The van der Waals surface area contributed by atoms with Crippen molar-refractivity contribution in [1.82, 2.24) is 5.32 Å². The molecular formula is C13H19NO2. The molecule has 0 heterocycles. The van der Waals surface area contributed by atoms with Gasteiger partial charge in [-0.25, -0.2) is 0 Å². The predicted molar refractivity (Wildman–Crippen MR) is 63.4 cm³/mol. The molecule has 3 heteroatoms. The summed E-state index contributed by atoms with van der Waals surface area (Å²) in [6.07, 6.45) is 3.22. The second kappa shape index (κ2) is 4.44. The fourth-order valence-corrected chi connectivity index (χ4v) is 2.14. The first-order valence-corrected chi connectivity index (χ1v) is 5.80. The molecule has 0 saturated heterocycles. The first kappa shape index (κ1) is 11.4. The third-order valence-corrected chi connectivity index (χ3v) is 3.59. The first-order valence-electron chi connectivity index (χ1n) is 5.80. The molecule has 1 aliphatic carbocycles. The number of aromatic hydroxyl groups is 1. The molecule has 0 radical (unpaired) electrons. The van der Waals surface area contributed by atoms with Crippen molar-refractivity contribution < 1.29 is 10.2 Å². The van der Waals surface area contributed by atoms with Crippen molar-refractivity contribution in [3.8, 4) is 5.75 Å². The van der Waals surface area contributed by atoms with Crippen molar-refractivity contribution in [2.24, 2.45) is 0 Å². The monoisotopic (exact) mass is 221 g/mol. The van der Waals surface area contributed by atoms with E-state index in [1.807, 2.05) is 25.1 Å². The first-order chi connectivity index (χ1) is 7.67. The molecule has 0 unspecified atom stereocenters. The smallest absolute Gasteiger partial charge is 0.122 e. The zero-order valence-corrected chi connectivity index (χ0v) is 9.66. The average molecular weight is 221 g/mol. The minimum Gasteiger partial charge on any atom is -0.507 e. The van der Waals surface area contributed by atoms with Crippen molar-refractivity contribution in [1.29, 1.82) is 0 Å². The summed E-state index contributed by atoms with van der Waals surface area (Å²) in [6.45, 7) is 2.69. The zero-order valence-electron chi connectivity index (χ0n) is 9.66. The number of aliphatic hydroxyl groups is 1. The highest BCUT2D eigenvalue weighted by atomic mass is 16.3. The van der Waals surface area contributed by atoms with Crippen molar-refractivity contribution in [3.05, 3.63) is 29.3 Å². The largest absolute Gasteiger partial charge is 0.507 e. The Hall–Kier alpha value is -1.06. The van der Waals surface area contributed by atoms with Crippen LogP contribution in [0, 0.1) is 6.92 Å². The van der Waals surface area contributed by atoms with Crippen LogP contribution in [0.5, 0.6) is 5.75 Å². The third-order valence-electron chi connectivity index (χ3n) is 3.59. The van der Waals surface area contributed by atoms with Gasteiger partial charge >= 0.3 is 0 Å². The minimum atomic E-state index is -0.101. The van der Waals surface area contributed by atoms with Gasteiger partial charge in [0.2, 0.25) is 0 Å². The molecule has 16 heavy (non-hydrogen) atoms. The van der Waals surface area contributed by atoms with Gasteiger partial charge in [0.25, 0.3) is 0 Å². The summed E-state index contributed by atoms with van der Waals surface area (Å²) in [5.41, 5.74) is 1.70. The summed E-state index contributed by atoms with van der Waals surface area (Å²) in [6, 6.07) is 5.75. The van der Waals surface area contributed by atoms with Crippen LogP contribution in [0.15, 0.2) is 18.2 Å². The fraction of sp³-hybridized carbons (Fsp3) is 0.538. The Morgan fingerprint density at radius 2 is 2.12 bits per heavy atom. The van der Waals surface area contributed by atoms with E-state index in [1.54, 1.807) is 0 Å². The highest BCUT2D eigenvalue weighted by Crippen LogP contribution is 2.32. The number of para-hydroxylation sites is 1. The van der Waals surface area contributed by atoms with Gasteiger partial charge in [-0.15, -0.1) is 0 Å². The highest BCUT2D eigenvalue weighted by molar-refractivity contribution is 5.39. The summed E-state index contributed by atoms with van der Waals surface area (Å²) in [7, 11) is 0. The zero-order chi connectivity index (χ0) is 11.6. The molecular weight excluding hydrogens is 202 g/mol. The van der Waals surface area contributed by atoms with Crippen molar-refractivity contribution in [2.75, 3.05) is 6.61 Å². The Morgan fingerprint density at radius 1 is 1.38 bits per heavy atom. The molecule has 88 valence electrons. The lowest BCUT2D eigenvalue weighted by atomic mass is 9.77. The Kier molecular flexibility index (Phi) is 3.17. The number of aryl methyl sites for hydroxylation is 1. The van der Waals surface area contributed by atoms with Gasteiger partial charge in [0, 0.05) is 17.6 Å². The Bertz CT molecular complexity index is 367. The van der Waals surface area contributed by atoms with Crippen LogP contribution in [0.25, 0.3) is 0 Å². The van der Waals surface area contributed by atoms with Gasteiger partial charge in [0.1, 0.15) is 5.75 Å². The van der Waals surface area contributed by atoms with Crippen LogP contribution < -0.4 is 5.32 Å². The van der Waals surface area contributed by atoms with Crippen molar-refractivity contribution in [3.63, 3.8) is 0 Å². The number of phenols is 1. The summed E-state index contributed by atoms with van der Waals surface area (Å²) in [5, 5.41) is 22.5. The lowest BCUT2D eigenvalue weighted by Gasteiger charge is -2.41. The summed E-state index contributed by atoms with van der Waals surface area (Å²) in [5.74, 6) is 0.363. The normalized spacial score (nSPS) is 18.1. The van der Waals surface area contributed by atoms with Crippen LogP contribution >= 0.6 is 0 Å². The SMILES string of the molecule is Cc1cccc(CNC2(CO)CCC2)c1O. The lowest BCUT2D eigenvalue weighted by molar-refractivity contribution is 0.0870. The van der Waals surface area contributed by atoms with E-state index in [0.717, 1.165) is 24.0 Å². The van der Waals surface area contributed by atoms with E-state index in [1.165, 1.54) is 6.42 Å². The lowest BCUT2D eigenvalue weighted by Crippen LogP contribution is -2.53. The molecule has 3 nitrogen and oxygen atoms in total. The van der Waals surface area contributed by atoms with E-state index in [-0.39, 0.29) is 12.1 Å². The molecule has 0 bridgehead atoms. The maximum absolute atomic E-state index is 9.86. The summed E-state index contributed by atoms with van der Waals surface area (Å²) in [4.78, 5) is 0. The Morgan fingerprint density at radius 3 is 2.69 bits per heavy atom. The van der Waals surface area contributed by atoms with E-state index >= 15 is 0 Å². The quantitative estimate of drug-likeness (QED) is 0.725. The molecule has 0 spiro atoms. The Balaban J connectivity index is 2.02. The maximum Gasteiger partial charge on any atom is 0.122 e. The predicted octanol–water partition coefficient (Wildman–Crippen LogP) is 1.71. The molecule has 1 fully saturated rings. The van der Waals surface area contributed by atoms with Crippen LogP contribution in [-0.4, -0.2) is 22.4 Å². The second-order valence-electron chi connectivity index (χ2n) is 4.73.